The summed E-state index contributed by atoms with van der Waals surface area (Å²) in [4.78, 5) is 29.7. The summed E-state index contributed by atoms with van der Waals surface area (Å²) in [5, 5.41) is 2.75. The van der Waals surface area contributed by atoms with Gasteiger partial charge in [-0.05, 0) is 12.0 Å². The van der Waals surface area contributed by atoms with Crippen LogP contribution in [0.15, 0.2) is 18.3 Å². The molecule has 20 heavy (non-hydrogen) atoms. The van der Waals surface area contributed by atoms with Crippen LogP contribution >= 0.6 is 0 Å². The molecule has 2 amide bonds. The standard InChI is InChI=1S/C14H19N3O3/c1-3-11-14(19)17(7-6-12(18)16-11)9-10-4-5-13(20-2)15-8-10/h4-5,8,11H,3,6-7,9H2,1-2H3,(H,16,18). The highest BCUT2D eigenvalue weighted by molar-refractivity contribution is 5.89. The first kappa shape index (κ1) is 14.3. The number of hydrogen-bond donors (Lipinski definition) is 1. The van der Waals surface area contributed by atoms with Gasteiger partial charge in [0.25, 0.3) is 0 Å². The highest BCUT2D eigenvalue weighted by atomic mass is 16.5. The van der Waals surface area contributed by atoms with Crippen molar-refractivity contribution in [3.05, 3.63) is 23.9 Å². The van der Waals surface area contributed by atoms with Gasteiger partial charge < -0.3 is 15.0 Å². The van der Waals surface area contributed by atoms with Gasteiger partial charge in [-0.1, -0.05) is 13.0 Å². The van der Waals surface area contributed by atoms with Gasteiger partial charge in [0.05, 0.1) is 7.11 Å². The molecular formula is C14H19N3O3. The summed E-state index contributed by atoms with van der Waals surface area (Å²) in [7, 11) is 1.56. The Morgan fingerprint density at radius 3 is 2.85 bits per heavy atom. The molecule has 108 valence electrons. The smallest absolute Gasteiger partial charge is 0.245 e. The molecule has 1 aliphatic heterocycles. The number of rotatable bonds is 4. The van der Waals surface area contributed by atoms with Crippen molar-refractivity contribution < 1.29 is 14.3 Å². The van der Waals surface area contributed by atoms with Crippen molar-refractivity contribution in [2.75, 3.05) is 13.7 Å². The van der Waals surface area contributed by atoms with E-state index in [-0.39, 0.29) is 11.8 Å². The maximum Gasteiger partial charge on any atom is 0.245 e. The second-order valence-electron chi connectivity index (χ2n) is 4.75. The van der Waals surface area contributed by atoms with Crippen molar-refractivity contribution in [1.82, 2.24) is 15.2 Å². The second kappa shape index (κ2) is 6.36. The third-order valence-corrected chi connectivity index (χ3v) is 3.34. The molecule has 0 spiro atoms. The summed E-state index contributed by atoms with van der Waals surface area (Å²) in [5.41, 5.74) is 0.920. The fourth-order valence-corrected chi connectivity index (χ4v) is 2.17. The van der Waals surface area contributed by atoms with E-state index in [4.69, 9.17) is 4.74 Å². The Morgan fingerprint density at radius 2 is 2.25 bits per heavy atom. The minimum absolute atomic E-state index is 0.0332. The SMILES string of the molecule is CCC1NC(=O)CCN(Cc2ccc(OC)nc2)C1=O. The maximum absolute atomic E-state index is 12.3. The summed E-state index contributed by atoms with van der Waals surface area (Å²) >= 11 is 0. The predicted octanol–water partition coefficient (Wildman–Crippen LogP) is 0.717. The number of nitrogens with one attached hydrogen (secondary N) is 1. The van der Waals surface area contributed by atoms with Gasteiger partial charge in [-0.2, -0.15) is 0 Å². The highest BCUT2D eigenvalue weighted by Gasteiger charge is 2.28. The summed E-state index contributed by atoms with van der Waals surface area (Å²) in [6, 6.07) is 3.22. The zero-order chi connectivity index (χ0) is 14.5. The molecule has 1 fully saturated rings. The molecular weight excluding hydrogens is 258 g/mol. The molecule has 1 unspecified atom stereocenters. The largest absolute Gasteiger partial charge is 0.481 e. The van der Waals surface area contributed by atoms with Crippen LogP contribution in [0.1, 0.15) is 25.3 Å². The van der Waals surface area contributed by atoms with E-state index >= 15 is 0 Å². The summed E-state index contributed by atoms with van der Waals surface area (Å²) in [6.45, 7) is 2.79. The molecule has 6 nitrogen and oxygen atoms in total. The molecule has 0 bridgehead atoms. The summed E-state index contributed by atoms with van der Waals surface area (Å²) in [6.07, 6.45) is 2.63. The number of methoxy groups -OCH3 is 1. The van der Waals surface area contributed by atoms with Crippen LogP contribution in [0.4, 0.5) is 0 Å². The topological polar surface area (TPSA) is 71.5 Å². The quantitative estimate of drug-likeness (QED) is 0.880. The van der Waals surface area contributed by atoms with Gasteiger partial charge in [0, 0.05) is 31.8 Å². The highest BCUT2D eigenvalue weighted by Crippen LogP contribution is 2.13. The van der Waals surface area contributed by atoms with Crippen LogP contribution in [0, 0.1) is 0 Å². The molecule has 0 radical (unpaired) electrons. The lowest BCUT2D eigenvalue weighted by Crippen LogP contribution is -2.43. The molecule has 0 aromatic carbocycles. The normalized spacial score (nSPS) is 19.5. The Bertz CT molecular complexity index is 487. The number of ether oxygens (including phenoxy) is 1. The number of carbonyl (C=O) groups is 2. The molecule has 1 N–H and O–H groups in total. The average Bonchev–Trinajstić information content (AvgIpc) is 2.61. The van der Waals surface area contributed by atoms with Gasteiger partial charge in [0.1, 0.15) is 6.04 Å². The number of amides is 2. The van der Waals surface area contributed by atoms with E-state index in [0.29, 0.717) is 31.8 Å². The lowest BCUT2D eigenvalue weighted by molar-refractivity contribution is -0.134. The number of carbonyl (C=O) groups excluding carboxylic acids is 2. The Morgan fingerprint density at radius 1 is 1.45 bits per heavy atom. The molecule has 0 aliphatic carbocycles. The molecule has 1 aromatic heterocycles. The first-order valence-corrected chi connectivity index (χ1v) is 6.71. The van der Waals surface area contributed by atoms with Crippen molar-refractivity contribution in [3.8, 4) is 5.88 Å². The van der Waals surface area contributed by atoms with Crippen LogP contribution in [0.2, 0.25) is 0 Å². The molecule has 6 heteroatoms. The van der Waals surface area contributed by atoms with E-state index in [0.717, 1.165) is 5.56 Å². The Labute approximate surface area is 118 Å². The number of pyridine rings is 1. The molecule has 2 rings (SSSR count). The molecule has 2 heterocycles. The van der Waals surface area contributed by atoms with Crippen molar-refractivity contribution in [2.45, 2.75) is 32.4 Å². The van der Waals surface area contributed by atoms with E-state index in [2.05, 4.69) is 10.3 Å². The Kier molecular flexibility index (Phi) is 4.55. The first-order chi connectivity index (χ1) is 9.63. The van der Waals surface area contributed by atoms with Gasteiger partial charge >= 0.3 is 0 Å². The van der Waals surface area contributed by atoms with Crippen LogP contribution in [0.25, 0.3) is 0 Å². The Hall–Kier alpha value is -2.11. The third-order valence-electron chi connectivity index (χ3n) is 3.34. The van der Waals surface area contributed by atoms with Crippen LogP contribution < -0.4 is 10.1 Å². The fourth-order valence-electron chi connectivity index (χ4n) is 2.17. The van der Waals surface area contributed by atoms with Gasteiger partial charge in [0.2, 0.25) is 17.7 Å². The van der Waals surface area contributed by atoms with Gasteiger partial charge in [-0.15, -0.1) is 0 Å². The number of nitrogens with zero attached hydrogens (tertiary/aromatic N) is 2. The monoisotopic (exact) mass is 277 g/mol. The summed E-state index contributed by atoms with van der Waals surface area (Å²) in [5.74, 6) is 0.439. The lowest BCUT2D eigenvalue weighted by Gasteiger charge is -2.23. The number of aromatic nitrogens is 1. The van der Waals surface area contributed by atoms with Crippen LogP contribution in [0.3, 0.4) is 0 Å². The third kappa shape index (κ3) is 3.26. The van der Waals surface area contributed by atoms with E-state index in [1.807, 2.05) is 13.0 Å². The van der Waals surface area contributed by atoms with E-state index in [1.165, 1.54) is 0 Å². The van der Waals surface area contributed by atoms with Gasteiger partial charge in [0.15, 0.2) is 0 Å². The molecule has 1 aromatic rings. The van der Waals surface area contributed by atoms with Gasteiger partial charge in [-0.25, -0.2) is 4.98 Å². The molecule has 0 saturated carbocycles. The number of hydrogen-bond acceptors (Lipinski definition) is 4. The zero-order valence-electron chi connectivity index (χ0n) is 11.8. The van der Waals surface area contributed by atoms with Gasteiger partial charge in [-0.3, -0.25) is 9.59 Å². The summed E-state index contributed by atoms with van der Waals surface area (Å²) < 4.78 is 5.00. The minimum Gasteiger partial charge on any atom is -0.481 e. The minimum atomic E-state index is -0.420. The first-order valence-electron chi connectivity index (χ1n) is 6.71. The van der Waals surface area contributed by atoms with Crippen molar-refractivity contribution in [3.63, 3.8) is 0 Å². The average molecular weight is 277 g/mol. The van der Waals surface area contributed by atoms with E-state index in [9.17, 15) is 9.59 Å². The van der Waals surface area contributed by atoms with E-state index < -0.39 is 6.04 Å². The molecule has 1 saturated heterocycles. The van der Waals surface area contributed by atoms with Crippen molar-refractivity contribution >= 4 is 11.8 Å². The Balaban J connectivity index is 2.09. The molecule has 1 atom stereocenters. The zero-order valence-corrected chi connectivity index (χ0v) is 11.8. The maximum atomic E-state index is 12.3. The fraction of sp³-hybridized carbons (Fsp3) is 0.500. The van der Waals surface area contributed by atoms with Crippen molar-refractivity contribution in [2.24, 2.45) is 0 Å². The van der Waals surface area contributed by atoms with E-state index in [1.54, 1.807) is 24.3 Å². The van der Waals surface area contributed by atoms with Crippen LogP contribution in [0.5, 0.6) is 5.88 Å². The van der Waals surface area contributed by atoms with Crippen LogP contribution in [-0.4, -0.2) is 41.4 Å². The van der Waals surface area contributed by atoms with Crippen LogP contribution in [-0.2, 0) is 16.1 Å². The second-order valence-corrected chi connectivity index (χ2v) is 4.75. The van der Waals surface area contributed by atoms with Crippen molar-refractivity contribution in [1.29, 1.82) is 0 Å². The predicted molar refractivity (Wildman–Crippen MR) is 73.0 cm³/mol. The molecule has 1 aliphatic rings. The lowest BCUT2D eigenvalue weighted by atomic mass is 10.2.